The summed E-state index contributed by atoms with van der Waals surface area (Å²) >= 11 is 1.26. The lowest BCUT2D eigenvalue weighted by Gasteiger charge is -2.10. The molecule has 1 aromatic heterocycles. The van der Waals surface area contributed by atoms with Crippen molar-refractivity contribution in [2.24, 2.45) is 0 Å². The first-order valence-electron chi connectivity index (χ1n) is 8.49. The zero-order chi connectivity index (χ0) is 21.0. The number of ether oxygens (including phenoxy) is 1. The van der Waals surface area contributed by atoms with Gasteiger partial charge in [0.15, 0.2) is 9.84 Å². The third-order valence-corrected chi connectivity index (χ3v) is 6.71. The summed E-state index contributed by atoms with van der Waals surface area (Å²) in [4.78, 5) is 28.9. The number of benzene rings is 1. The number of alkyl halides is 2. The van der Waals surface area contributed by atoms with Gasteiger partial charge in [-0.05, 0) is 24.6 Å². The molecule has 0 saturated carbocycles. The number of imide groups is 1. The highest BCUT2D eigenvalue weighted by Gasteiger charge is 2.27. The summed E-state index contributed by atoms with van der Waals surface area (Å²) < 4.78 is 54.4. The lowest BCUT2D eigenvalue weighted by atomic mass is 10.3. The van der Waals surface area contributed by atoms with Crippen molar-refractivity contribution in [1.29, 1.82) is 0 Å². The minimum Gasteiger partial charge on any atom is -0.488 e. The van der Waals surface area contributed by atoms with E-state index >= 15 is 0 Å². The molecule has 0 unspecified atom stereocenters. The van der Waals surface area contributed by atoms with Crippen molar-refractivity contribution in [3.8, 4) is 5.75 Å². The maximum absolute atomic E-state index is 12.5. The van der Waals surface area contributed by atoms with Crippen LogP contribution < -0.4 is 10.1 Å². The summed E-state index contributed by atoms with van der Waals surface area (Å²) in [5.74, 6) is -0.516. The van der Waals surface area contributed by atoms with Crippen LogP contribution >= 0.6 is 11.3 Å². The second kappa shape index (κ2) is 8.82. The minimum absolute atomic E-state index is 0.0127. The van der Waals surface area contributed by atoms with Gasteiger partial charge < -0.3 is 9.64 Å². The molecule has 0 spiro atoms. The standard InChI is InChI=1S/C17H17F2N3O5S2/c18-14(19)10-27-11-2-1-3-13(6-11)29(25,26)5-4-12-7-20-16(28-12)9-22-8-15(23)21-17(22)24/h1-3,6-7,14H,4-5,8-10H2,(H,21,23,24). The lowest BCUT2D eigenvalue weighted by molar-refractivity contribution is -0.118. The van der Waals surface area contributed by atoms with Crippen LogP contribution in [-0.4, -0.2) is 55.6 Å². The van der Waals surface area contributed by atoms with Crippen LogP contribution in [0.1, 0.15) is 9.88 Å². The fourth-order valence-corrected chi connectivity index (χ4v) is 4.95. The molecule has 1 fully saturated rings. The number of urea groups is 1. The Morgan fingerprint density at radius 2 is 2.10 bits per heavy atom. The van der Waals surface area contributed by atoms with E-state index in [-0.39, 0.29) is 41.8 Å². The summed E-state index contributed by atoms with van der Waals surface area (Å²) in [6.07, 6.45) is -0.915. The van der Waals surface area contributed by atoms with Crippen molar-refractivity contribution in [3.05, 3.63) is 40.3 Å². The van der Waals surface area contributed by atoms with Gasteiger partial charge in [-0.1, -0.05) is 6.07 Å². The molecule has 1 aliphatic heterocycles. The largest absolute Gasteiger partial charge is 0.488 e. The van der Waals surface area contributed by atoms with Gasteiger partial charge in [0.25, 0.3) is 6.43 Å². The maximum Gasteiger partial charge on any atom is 0.324 e. The van der Waals surface area contributed by atoms with Gasteiger partial charge in [0, 0.05) is 11.1 Å². The third-order valence-electron chi connectivity index (χ3n) is 3.95. The SMILES string of the molecule is O=C1CN(Cc2ncc(CCS(=O)(=O)c3cccc(OCC(F)F)c3)s2)C(=O)N1. The molecule has 3 rings (SSSR count). The number of carbonyl (C=O) groups is 2. The number of hydrogen-bond acceptors (Lipinski definition) is 7. The van der Waals surface area contributed by atoms with Gasteiger partial charge in [0.2, 0.25) is 5.91 Å². The molecular formula is C17H17F2N3O5S2. The molecule has 3 amide bonds. The molecule has 0 aliphatic carbocycles. The molecular weight excluding hydrogens is 428 g/mol. The third kappa shape index (κ3) is 5.70. The molecule has 2 heterocycles. The number of aromatic nitrogens is 1. The van der Waals surface area contributed by atoms with Crippen LogP contribution in [0.15, 0.2) is 35.4 Å². The smallest absolute Gasteiger partial charge is 0.324 e. The number of nitrogens with zero attached hydrogens (tertiary/aromatic N) is 2. The monoisotopic (exact) mass is 445 g/mol. The normalized spacial score (nSPS) is 14.5. The van der Waals surface area contributed by atoms with Crippen molar-refractivity contribution in [2.75, 3.05) is 18.9 Å². The van der Waals surface area contributed by atoms with Crippen LogP contribution in [0.4, 0.5) is 13.6 Å². The van der Waals surface area contributed by atoms with Crippen LogP contribution in [0.3, 0.4) is 0 Å². The number of nitrogens with one attached hydrogen (secondary N) is 1. The van der Waals surface area contributed by atoms with E-state index in [0.29, 0.717) is 9.88 Å². The van der Waals surface area contributed by atoms with Gasteiger partial charge >= 0.3 is 6.03 Å². The van der Waals surface area contributed by atoms with Crippen LogP contribution in [0.25, 0.3) is 0 Å². The number of sulfone groups is 1. The van der Waals surface area contributed by atoms with Gasteiger partial charge in [-0.25, -0.2) is 27.0 Å². The molecule has 0 radical (unpaired) electrons. The Labute approximate surface area is 169 Å². The fraction of sp³-hybridized carbons (Fsp3) is 0.353. The van der Waals surface area contributed by atoms with Gasteiger partial charge in [-0.2, -0.15) is 0 Å². The molecule has 12 heteroatoms. The molecule has 1 saturated heterocycles. The van der Waals surface area contributed by atoms with Crippen LogP contribution in [0, 0.1) is 0 Å². The molecule has 29 heavy (non-hydrogen) atoms. The maximum atomic E-state index is 12.5. The Balaban J connectivity index is 1.59. The Morgan fingerprint density at radius 3 is 2.79 bits per heavy atom. The summed E-state index contributed by atoms with van der Waals surface area (Å²) in [5.41, 5.74) is 0. The second-order valence-electron chi connectivity index (χ2n) is 6.18. The first-order chi connectivity index (χ1) is 13.7. The van der Waals surface area contributed by atoms with Crippen molar-refractivity contribution in [1.82, 2.24) is 15.2 Å². The van der Waals surface area contributed by atoms with Crippen LogP contribution in [-0.2, 0) is 27.6 Å². The molecule has 0 atom stereocenters. The summed E-state index contributed by atoms with van der Waals surface area (Å²) in [5, 5.41) is 2.76. The molecule has 1 aliphatic rings. The number of hydrogen-bond donors (Lipinski definition) is 1. The molecule has 156 valence electrons. The summed E-state index contributed by atoms with van der Waals surface area (Å²) in [6.45, 7) is -0.682. The molecule has 0 bridgehead atoms. The van der Waals surface area contributed by atoms with Crippen molar-refractivity contribution in [3.63, 3.8) is 0 Å². The van der Waals surface area contributed by atoms with Crippen LogP contribution in [0.2, 0.25) is 0 Å². The van der Waals surface area contributed by atoms with E-state index in [1.165, 1.54) is 46.7 Å². The van der Waals surface area contributed by atoms with Gasteiger partial charge in [0.1, 0.15) is 23.9 Å². The van der Waals surface area contributed by atoms with E-state index in [4.69, 9.17) is 4.74 Å². The highest BCUT2D eigenvalue weighted by Crippen LogP contribution is 2.22. The van der Waals surface area contributed by atoms with E-state index in [0.717, 1.165) is 0 Å². The predicted molar refractivity (Wildman–Crippen MR) is 99.8 cm³/mol. The first-order valence-corrected chi connectivity index (χ1v) is 11.0. The van der Waals surface area contributed by atoms with Gasteiger partial charge in [-0.3, -0.25) is 10.1 Å². The zero-order valence-corrected chi connectivity index (χ0v) is 16.6. The van der Waals surface area contributed by atoms with E-state index < -0.39 is 28.9 Å². The van der Waals surface area contributed by atoms with Crippen molar-refractivity contribution >= 4 is 33.1 Å². The average Bonchev–Trinajstić information content (AvgIpc) is 3.24. The fourth-order valence-electron chi connectivity index (χ4n) is 2.58. The number of thiazole rings is 1. The van der Waals surface area contributed by atoms with E-state index in [1.54, 1.807) is 0 Å². The van der Waals surface area contributed by atoms with E-state index in [2.05, 4.69) is 10.3 Å². The number of aryl methyl sites for hydroxylation is 1. The van der Waals surface area contributed by atoms with Crippen LogP contribution in [0.5, 0.6) is 5.75 Å². The Morgan fingerprint density at radius 1 is 1.31 bits per heavy atom. The molecule has 2 aromatic rings. The van der Waals surface area contributed by atoms with Gasteiger partial charge in [0.05, 0.1) is 17.2 Å². The van der Waals surface area contributed by atoms with Crippen molar-refractivity contribution < 1.29 is 31.5 Å². The lowest BCUT2D eigenvalue weighted by Crippen LogP contribution is -2.27. The highest BCUT2D eigenvalue weighted by molar-refractivity contribution is 7.91. The number of rotatable bonds is 9. The van der Waals surface area contributed by atoms with E-state index in [1.807, 2.05) is 0 Å². The summed E-state index contributed by atoms with van der Waals surface area (Å²) in [6, 6.07) is 4.96. The molecule has 8 nitrogen and oxygen atoms in total. The number of carbonyl (C=O) groups excluding carboxylic acids is 2. The average molecular weight is 445 g/mol. The predicted octanol–water partition coefficient (Wildman–Crippen LogP) is 1.86. The topological polar surface area (TPSA) is 106 Å². The summed E-state index contributed by atoms with van der Waals surface area (Å²) in [7, 11) is -3.66. The first kappa shape index (κ1) is 21.1. The van der Waals surface area contributed by atoms with Crippen molar-refractivity contribution in [2.45, 2.75) is 24.3 Å². The second-order valence-corrected chi connectivity index (χ2v) is 9.48. The van der Waals surface area contributed by atoms with E-state index in [9.17, 15) is 26.8 Å². The Kier molecular flexibility index (Phi) is 6.42. The van der Waals surface area contributed by atoms with Gasteiger partial charge in [-0.15, -0.1) is 11.3 Å². The Bertz CT molecular complexity index is 1010. The minimum atomic E-state index is -3.66. The number of amides is 3. The molecule has 1 N–H and O–H groups in total. The highest BCUT2D eigenvalue weighted by atomic mass is 32.2. The number of halogens is 2. The molecule has 1 aromatic carbocycles. The zero-order valence-electron chi connectivity index (χ0n) is 15.0. The quantitative estimate of drug-likeness (QED) is 0.591. The Hall–Kier alpha value is -2.60.